The van der Waals surface area contributed by atoms with Gasteiger partial charge in [0.2, 0.25) is 0 Å². The van der Waals surface area contributed by atoms with Gasteiger partial charge in [-0.2, -0.15) is 0 Å². The zero-order valence-corrected chi connectivity index (χ0v) is 18.8. The minimum absolute atomic E-state index is 0.0545. The number of nitrogens with one attached hydrogen (secondary N) is 1. The van der Waals surface area contributed by atoms with Crippen LogP contribution in [0.5, 0.6) is 0 Å². The number of carbonyl (C=O) groups is 1. The summed E-state index contributed by atoms with van der Waals surface area (Å²) < 4.78 is 0. The summed E-state index contributed by atoms with van der Waals surface area (Å²) in [6, 6.07) is 24.4. The number of hydrogen-bond donors (Lipinski definition) is 1. The normalized spacial score (nSPS) is 20.1. The van der Waals surface area contributed by atoms with Crippen LogP contribution in [0.3, 0.4) is 0 Å². The number of benzene rings is 3. The molecule has 6 rings (SSSR count). The Balaban J connectivity index is 1.55. The summed E-state index contributed by atoms with van der Waals surface area (Å²) in [6.45, 7) is 4.10. The lowest BCUT2D eigenvalue weighted by Gasteiger charge is -2.37. The van der Waals surface area contributed by atoms with Gasteiger partial charge in [-0.3, -0.25) is 9.69 Å². The van der Waals surface area contributed by atoms with E-state index >= 15 is 0 Å². The molecule has 0 bridgehead atoms. The third kappa shape index (κ3) is 2.67. The Kier molecular flexibility index (Phi) is 4.24. The van der Waals surface area contributed by atoms with Gasteiger partial charge in [-0.25, -0.2) is 0 Å². The molecule has 1 fully saturated rings. The second kappa shape index (κ2) is 7.04. The Morgan fingerprint density at radius 3 is 2.50 bits per heavy atom. The summed E-state index contributed by atoms with van der Waals surface area (Å²) in [5.41, 5.74) is 7.68. The number of thiocarbonyl (C=S) groups is 1. The van der Waals surface area contributed by atoms with Gasteiger partial charge in [0.15, 0.2) is 5.11 Å². The van der Waals surface area contributed by atoms with Gasteiger partial charge in [0.1, 0.15) is 6.04 Å². The van der Waals surface area contributed by atoms with E-state index in [-0.39, 0.29) is 18.0 Å². The molecule has 0 spiro atoms. The van der Waals surface area contributed by atoms with E-state index in [1.54, 1.807) is 4.90 Å². The average Bonchev–Trinajstić information content (AvgIpc) is 3.28. The molecule has 0 aliphatic carbocycles. The van der Waals surface area contributed by atoms with Gasteiger partial charge in [-0.05, 0) is 54.9 Å². The largest absolute Gasteiger partial charge is 0.356 e. The second-order valence-corrected chi connectivity index (χ2v) is 9.11. The molecular formula is C27H23N3OS. The van der Waals surface area contributed by atoms with Crippen molar-refractivity contribution in [2.45, 2.75) is 32.4 Å². The SMILES string of the molecule is Cc1ccc(N2C(=O)C3Cc4c([nH]c5ccccc45)C(c4ccccc4)N3C2=S)c(C)c1. The number of amides is 1. The maximum Gasteiger partial charge on any atom is 0.256 e. The van der Waals surface area contributed by atoms with Crippen LogP contribution in [-0.4, -0.2) is 26.9 Å². The van der Waals surface area contributed by atoms with E-state index in [2.05, 4.69) is 53.2 Å². The Bertz CT molecular complexity index is 1390. The van der Waals surface area contributed by atoms with Crippen LogP contribution in [0.4, 0.5) is 5.69 Å². The minimum Gasteiger partial charge on any atom is -0.356 e. The van der Waals surface area contributed by atoms with Crippen molar-refractivity contribution in [2.24, 2.45) is 0 Å². The molecule has 4 aromatic rings. The first kappa shape index (κ1) is 19.3. The van der Waals surface area contributed by atoms with Gasteiger partial charge >= 0.3 is 0 Å². The number of aryl methyl sites for hydroxylation is 2. The predicted octanol–water partition coefficient (Wildman–Crippen LogP) is 5.43. The molecule has 158 valence electrons. The highest BCUT2D eigenvalue weighted by Crippen LogP contribution is 2.45. The van der Waals surface area contributed by atoms with Crippen molar-refractivity contribution in [2.75, 3.05) is 4.90 Å². The number of fused-ring (bicyclic) bond motifs is 4. The molecule has 0 saturated carbocycles. The van der Waals surface area contributed by atoms with Crippen LogP contribution in [-0.2, 0) is 11.2 Å². The molecule has 3 heterocycles. The standard InChI is InChI=1S/C27H23N3OS/c1-16-12-13-22(17(2)14-16)30-26(31)23-15-20-19-10-6-7-11-21(19)28-24(20)25(29(23)27(30)32)18-8-4-3-5-9-18/h3-14,23,25,28H,15H2,1-2H3. The topological polar surface area (TPSA) is 39.3 Å². The second-order valence-electron chi connectivity index (χ2n) is 8.75. The number of aromatic nitrogens is 1. The molecule has 5 heteroatoms. The van der Waals surface area contributed by atoms with E-state index in [9.17, 15) is 4.79 Å². The van der Waals surface area contributed by atoms with E-state index in [4.69, 9.17) is 12.2 Å². The Morgan fingerprint density at radius 1 is 0.969 bits per heavy atom. The van der Waals surface area contributed by atoms with Crippen LogP contribution in [0.25, 0.3) is 10.9 Å². The van der Waals surface area contributed by atoms with Crippen molar-refractivity contribution >= 4 is 39.8 Å². The summed E-state index contributed by atoms with van der Waals surface area (Å²) in [5, 5.41) is 1.76. The lowest BCUT2D eigenvalue weighted by atomic mass is 9.89. The number of nitrogens with zero attached hydrogens (tertiary/aromatic N) is 2. The summed E-state index contributed by atoms with van der Waals surface area (Å²) in [5.74, 6) is 0.0545. The molecule has 1 aromatic heterocycles. The van der Waals surface area contributed by atoms with Gasteiger partial charge in [-0.15, -0.1) is 0 Å². The van der Waals surface area contributed by atoms with Crippen molar-refractivity contribution in [1.29, 1.82) is 0 Å². The number of anilines is 1. The maximum absolute atomic E-state index is 13.8. The van der Waals surface area contributed by atoms with E-state index in [1.807, 2.05) is 43.3 Å². The molecule has 2 aliphatic heterocycles. The zero-order valence-electron chi connectivity index (χ0n) is 18.0. The van der Waals surface area contributed by atoms with Crippen LogP contribution in [0, 0.1) is 13.8 Å². The van der Waals surface area contributed by atoms with Gasteiger partial charge < -0.3 is 9.88 Å². The van der Waals surface area contributed by atoms with Crippen LogP contribution in [0.2, 0.25) is 0 Å². The molecule has 0 radical (unpaired) electrons. The minimum atomic E-state index is -0.319. The van der Waals surface area contributed by atoms with Gasteiger partial charge in [-0.1, -0.05) is 66.2 Å². The van der Waals surface area contributed by atoms with Gasteiger partial charge in [0.05, 0.1) is 11.7 Å². The van der Waals surface area contributed by atoms with Crippen LogP contribution in [0.15, 0.2) is 72.8 Å². The number of hydrogen-bond acceptors (Lipinski definition) is 2. The summed E-state index contributed by atoms with van der Waals surface area (Å²) >= 11 is 5.99. The molecule has 4 nitrogen and oxygen atoms in total. The molecular weight excluding hydrogens is 414 g/mol. The molecule has 1 amide bonds. The number of H-pyrrole nitrogens is 1. The summed E-state index contributed by atoms with van der Waals surface area (Å²) in [6.07, 6.45) is 0.642. The molecule has 2 unspecified atom stereocenters. The van der Waals surface area contributed by atoms with E-state index in [0.717, 1.165) is 28.0 Å². The first-order chi connectivity index (χ1) is 15.5. The Morgan fingerprint density at radius 2 is 1.72 bits per heavy atom. The quantitative estimate of drug-likeness (QED) is 0.425. The molecule has 1 saturated heterocycles. The first-order valence-corrected chi connectivity index (χ1v) is 11.3. The van der Waals surface area contributed by atoms with E-state index in [0.29, 0.717) is 11.5 Å². The first-order valence-electron chi connectivity index (χ1n) is 10.9. The molecule has 2 atom stereocenters. The number of rotatable bonds is 2. The predicted molar refractivity (Wildman–Crippen MR) is 132 cm³/mol. The average molecular weight is 438 g/mol. The zero-order chi connectivity index (χ0) is 22.0. The highest BCUT2D eigenvalue weighted by Gasteiger charge is 2.51. The molecule has 1 N–H and O–H groups in total. The van der Waals surface area contributed by atoms with E-state index < -0.39 is 0 Å². The monoisotopic (exact) mass is 437 g/mol. The summed E-state index contributed by atoms with van der Waals surface area (Å²) in [4.78, 5) is 21.4. The van der Waals surface area contributed by atoms with Crippen LogP contribution < -0.4 is 4.90 Å². The van der Waals surface area contributed by atoms with Crippen LogP contribution in [0.1, 0.15) is 34.0 Å². The summed E-state index contributed by atoms with van der Waals surface area (Å²) in [7, 11) is 0. The fraction of sp³-hybridized carbons (Fsp3) is 0.185. The fourth-order valence-corrected chi connectivity index (χ4v) is 5.76. The van der Waals surface area contributed by atoms with Gasteiger partial charge in [0.25, 0.3) is 5.91 Å². The van der Waals surface area contributed by atoms with Crippen molar-refractivity contribution in [3.05, 3.63) is 101 Å². The lowest BCUT2D eigenvalue weighted by Crippen LogP contribution is -2.44. The van der Waals surface area contributed by atoms with Crippen LogP contribution >= 0.6 is 12.2 Å². The number of carbonyl (C=O) groups excluding carboxylic acids is 1. The third-order valence-corrected chi connectivity index (χ3v) is 7.15. The molecule has 32 heavy (non-hydrogen) atoms. The van der Waals surface area contributed by atoms with Crippen molar-refractivity contribution in [1.82, 2.24) is 9.88 Å². The Hall–Kier alpha value is -3.44. The third-order valence-electron chi connectivity index (χ3n) is 6.76. The van der Waals surface area contributed by atoms with Crippen molar-refractivity contribution in [3.8, 4) is 0 Å². The van der Waals surface area contributed by atoms with Crippen molar-refractivity contribution < 1.29 is 4.79 Å². The molecule has 3 aromatic carbocycles. The smallest absolute Gasteiger partial charge is 0.256 e. The number of aromatic amines is 1. The highest BCUT2D eigenvalue weighted by molar-refractivity contribution is 7.80. The highest BCUT2D eigenvalue weighted by atomic mass is 32.1. The van der Waals surface area contributed by atoms with Gasteiger partial charge in [0, 0.05) is 23.0 Å². The Labute approximate surface area is 192 Å². The number of para-hydroxylation sites is 1. The van der Waals surface area contributed by atoms with E-state index in [1.165, 1.54) is 16.5 Å². The maximum atomic E-state index is 13.8. The fourth-order valence-electron chi connectivity index (χ4n) is 5.33. The lowest BCUT2D eigenvalue weighted by molar-refractivity contribution is -0.120. The molecule has 2 aliphatic rings. The van der Waals surface area contributed by atoms with Crippen molar-refractivity contribution in [3.63, 3.8) is 0 Å².